The highest BCUT2D eigenvalue weighted by Gasteiger charge is 2.24. The summed E-state index contributed by atoms with van der Waals surface area (Å²) >= 11 is 0. The Bertz CT molecular complexity index is 802. The van der Waals surface area contributed by atoms with Crippen molar-refractivity contribution < 1.29 is 0 Å². The fraction of sp³-hybridized carbons (Fsp3) is 0.368. The van der Waals surface area contributed by atoms with Crippen molar-refractivity contribution >= 4 is 0 Å². The summed E-state index contributed by atoms with van der Waals surface area (Å²) in [6, 6.07) is 10.9. The van der Waals surface area contributed by atoms with Gasteiger partial charge in [0.05, 0.1) is 18.9 Å². The van der Waals surface area contributed by atoms with E-state index in [1.165, 1.54) is 35.2 Å². The summed E-state index contributed by atoms with van der Waals surface area (Å²) < 4.78 is 4.02. The molecule has 2 aromatic heterocycles. The molecule has 1 aromatic carbocycles. The maximum absolute atomic E-state index is 4.66. The second-order valence-corrected chi connectivity index (χ2v) is 6.54. The lowest BCUT2D eigenvalue weighted by Gasteiger charge is -2.24. The average Bonchev–Trinajstić information content (AvgIpc) is 3.21. The molecule has 5 heteroatoms. The van der Waals surface area contributed by atoms with Crippen molar-refractivity contribution in [2.24, 2.45) is 7.05 Å². The molecule has 0 fully saturated rings. The molecule has 1 aliphatic carbocycles. The first-order chi connectivity index (χ1) is 11.8. The molecule has 0 bridgehead atoms. The SMILES string of the molecule is Cn1cc(CN[C@@H]2CCCc3c2cnn3Cc2ccccc2)cn1. The van der Waals surface area contributed by atoms with Crippen molar-refractivity contribution in [2.75, 3.05) is 0 Å². The summed E-state index contributed by atoms with van der Waals surface area (Å²) in [5.41, 5.74) is 5.27. The van der Waals surface area contributed by atoms with Crippen molar-refractivity contribution in [3.05, 3.63) is 71.3 Å². The van der Waals surface area contributed by atoms with Crippen LogP contribution in [0.15, 0.2) is 48.9 Å². The van der Waals surface area contributed by atoms with Gasteiger partial charge in [-0.05, 0) is 24.8 Å². The van der Waals surface area contributed by atoms with Crippen LogP contribution in [0.5, 0.6) is 0 Å². The quantitative estimate of drug-likeness (QED) is 0.786. The van der Waals surface area contributed by atoms with E-state index < -0.39 is 0 Å². The van der Waals surface area contributed by atoms with Crippen LogP contribution < -0.4 is 5.32 Å². The second-order valence-electron chi connectivity index (χ2n) is 6.54. The summed E-state index contributed by atoms with van der Waals surface area (Å²) in [6.45, 7) is 1.70. The van der Waals surface area contributed by atoms with E-state index in [1.54, 1.807) is 0 Å². The van der Waals surface area contributed by atoms with Gasteiger partial charge in [-0.1, -0.05) is 30.3 Å². The molecule has 0 aliphatic heterocycles. The molecule has 0 spiro atoms. The van der Waals surface area contributed by atoms with Crippen LogP contribution in [0.1, 0.15) is 41.3 Å². The smallest absolute Gasteiger partial charge is 0.0662 e. The maximum Gasteiger partial charge on any atom is 0.0662 e. The zero-order valence-electron chi connectivity index (χ0n) is 14.0. The van der Waals surface area contributed by atoms with Gasteiger partial charge < -0.3 is 5.32 Å². The standard InChI is InChI=1S/C19H23N5/c1-23-13-16(11-21-23)10-20-18-8-5-9-19-17(18)12-22-24(19)14-15-6-3-2-4-7-15/h2-4,6-7,11-13,18,20H,5,8-10,14H2,1H3/t18-/m1/s1. The van der Waals surface area contributed by atoms with E-state index in [0.717, 1.165) is 19.5 Å². The number of aryl methyl sites for hydroxylation is 1. The highest BCUT2D eigenvalue weighted by molar-refractivity contribution is 5.26. The molecule has 124 valence electrons. The minimum Gasteiger partial charge on any atom is -0.306 e. The third kappa shape index (κ3) is 3.12. The predicted molar refractivity (Wildman–Crippen MR) is 93.5 cm³/mol. The van der Waals surface area contributed by atoms with Gasteiger partial charge in [0.25, 0.3) is 0 Å². The number of rotatable bonds is 5. The first-order valence-electron chi connectivity index (χ1n) is 8.59. The topological polar surface area (TPSA) is 47.7 Å². The van der Waals surface area contributed by atoms with Gasteiger partial charge in [-0.2, -0.15) is 10.2 Å². The van der Waals surface area contributed by atoms with Gasteiger partial charge in [0.15, 0.2) is 0 Å². The Kier molecular flexibility index (Phi) is 4.17. The zero-order valence-corrected chi connectivity index (χ0v) is 14.0. The van der Waals surface area contributed by atoms with Crippen LogP contribution in [0.3, 0.4) is 0 Å². The van der Waals surface area contributed by atoms with Crippen molar-refractivity contribution in [2.45, 2.75) is 38.4 Å². The molecule has 24 heavy (non-hydrogen) atoms. The summed E-state index contributed by atoms with van der Waals surface area (Å²) in [5.74, 6) is 0. The van der Waals surface area contributed by atoms with Gasteiger partial charge in [0, 0.05) is 42.7 Å². The molecule has 1 N–H and O–H groups in total. The van der Waals surface area contributed by atoms with Crippen molar-refractivity contribution in [1.82, 2.24) is 24.9 Å². The fourth-order valence-electron chi connectivity index (χ4n) is 3.53. The lowest BCUT2D eigenvalue weighted by Crippen LogP contribution is -2.25. The molecule has 5 nitrogen and oxygen atoms in total. The first kappa shape index (κ1) is 15.1. The molecule has 0 radical (unpaired) electrons. The third-order valence-corrected chi connectivity index (χ3v) is 4.75. The van der Waals surface area contributed by atoms with Crippen molar-refractivity contribution in [1.29, 1.82) is 0 Å². The number of aromatic nitrogens is 4. The van der Waals surface area contributed by atoms with Gasteiger partial charge in [-0.3, -0.25) is 9.36 Å². The van der Waals surface area contributed by atoms with Crippen molar-refractivity contribution in [3.63, 3.8) is 0 Å². The van der Waals surface area contributed by atoms with E-state index in [-0.39, 0.29) is 0 Å². The predicted octanol–water partition coefficient (Wildman–Crippen LogP) is 2.83. The fourth-order valence-corrected chi connectivity index (χ4v) is 3.53. The maximum atomic E-state index is 4.66. The number of nitrogens with one attached hydrogen (secondary N) is 1. The monoisotopic (exact) mass is 321 g/mol. The number of hydrogen-bond donors (Lipinski definition) is 1. The number of nitrogens with zero attached hydrogens (tertiary/aromatic N) is 4. The Morgan fingerprint density at radius 3 is 2.79 bits per heavy atom. The van der Waals surface area contributed by atoms with Crippen LogP contribution in [-0.4, -0.2) is 19.6 Å². The second kappa shape index (κ2) is 6.61. The minimum absolute atomic E-state index is 0.387. The van der Waals surface area contributed by atoms with E-state index >= 15 is 0 Å². The molecule has 2 heterocycles. The normalized spacial score (nSPS) is 17.0. The molecule has 1 aliphatic rings. The van der Waals surface area contributed by atoms with Gasteiger partial charge in [-0.15, -0.1) is 0 Å². The third-order valence-electron chi connectivity index (χ3n) is 4.75. The highest BCUT2D eigenvalue weighted by Crippen LogP contribution is 2.30. The Hall–Kier alpha value is -2.40. The molecular formula is C19H23N5. The minimum atomic E-state index is 0.387. The van der Waals surface area contributed by atoms with Crippen LogP contribution in [0.2, 0.25) is 0 Å². The number of hydrogen-bond acceptors (Lipinski definition) is 3. The van der Waals surface area contributed by atoms with Gasteiger partial charge in [0.2, 0.25) is 0 Å². The summed E-state index contributed by atoms with van der Waals surface area (Å²) in [7, 11) is 1.95. The summed E-state index contributed by atoms with van der Waals surface area (Å²) in [4.78, 5) is 0. The molecule has 0 saturated heterocycles. The largest absolute Gasteiger partial charge is 0.306 e. The average molecular weight is 321 g/mol. The van der Waals surface area contributed by atoms with Crippen molar-refractivity contribution in [3.8, 4) is 0 Å². The van der Waals surface area contributed by atoms with Crippen LogP contribution in [0.25, 0.3) is 0 Å². The van der Waals surface area contributed by atoms with E-state index in [1.807, 2.05) is 17.9 Å². The van der Waals surface area contributed by atoms with Gasteiger partial charge in [0.1, 0.15) is 0 Å². The molecular weight excluding hydrogens is 298 g/mol. The lowest BCUT2D eigenvalue weighted by molar-refractivity contribution is 0.449. The molecule has 0 unspecified atom stereocenters. The van der Waals surface area contributed by atoms with Gasteiger partial charge >= 0.3 is 0 Å². The number of fused-ring (bicyclic) bond motifs is 1. The Labute approximate surface area is 142 Å². The highest BCUT2D eigenvalue weighted by atomic mass is 15.3. The summed E-state index contributed by atoms with van der Waals surface area (Å²) in [6.07, 6.45) is 9.54. The van der Waals surface area contributed by atoms with Crippen LogP contribution >= 0.6 is 0 Å². The lowest BCUT2D eigenvalue weighted by atomic mass is 9.93. The van der Waals surface area contributed by atoms with Crippen LogP contribution in [0.4, 0.5) is 0 Å². The van der Waals surface area contributed by atoms with Gasteiger partial charge in [-0.25, -0.2) is 0 Å². The zero-order chi connectivity index (χ0) is 16.4. The van der Waals surface area contributed by atoms with E-state index in [0.29, 0.717) is 6.04 Å². The molecule has 0 amide bonds. The Balaban J connectivity index is 1.49. The summed E-state index contributed by atoms with van der Waals surface area (Å²) in [5, 5.41) is 12.6. The molecule has 0 saturated carbocycles. The van der Waals surface area contributed by atoms with E-state index in [9.17, 15) is 0 Å². The first-order valence-corrected chi connectivity index (χ1v) is 8.59. The number of benzene rings is 1. The van der Waals surface area contributed by atoms with E-state index in [2.05, 4.69) is 62.9 Å². The molecule has 1 atom stereocenters. The Morgan fingerprint density at radius 2 is 2.00 bits per heavy atom. The molecule has 4 rings (SSSR count). The molecule has 3 aromatic rings. The van der Waals surface area contributed by atoms with Crippen LogP contribution in [0, 0.1) is 0 Å². The van der Waals surface area contributed by atoms with E-state index in [4.69, 9.17) is 0 Å². The Morgan fingerprint density at radius 1 is 1.12 bits per heavy atom. The van der Waals surface area contributed by atoms with Crippen LogP contribution in [-0.2, 0) is 26.6 Å².